The molecule has 1 nitrogen and oxygen atoms in total. The van der Waals surface area contributed by atoms with Gasteiger partial charge in [-0.05, 0) is 29.4 Å². The first-order chi connectivity index (χ1) is 8.11. The Morgan fingerprint density at radius 1 is 0.941 bits per heavy atom. The van der Waals surface area contributed by atoms with Gasteiger partial charge in [-0.2, -0.15) is 0 Å². The maximum atomic E-state index is 2.82. The molecule has 0 fully saturated rings. The van der Waals surface area contributed by atoms with E-state index < -0.39 is 0 Å². The van der Waals surface area contributed by atoms with Crippen LogP contribution in [0.1, 0.15) is 5.56 Å². The first-order valence-electron chi connectivity index (χ1n) is 5.73. The maximum Gasteiger partial charge on any atom is 0.0443 e. The largest absolute Gasteiger partial charge is 0.377 e. The van der Waals surface area contributed by atoms with E-state index in [4.69, 9.17) is 0 Å². The van der Waals surface area contributed by atoms with Gasteiger partial charge in [0.15, 0.2) is 0 Å². The third-order valence-corrected chi connectivity index (χ3v) is 3.47. The van der Waals surface area contributed by atoms with Crippen molar-refractivity contribution in [3.05, 3.63) is 48.0 Å². The molecule has 0 saturated heterocycles. The fraction of sp³-hybridized carbons (Fsp3) is 0.200. The lowest BCUT2D eigenvalue weighted by Crippen LogP contribution is -2.11. The summed E-state index contributed by atoms with van der Waals surface area (Å²) in [4.78, 5) is 2.17. The minimum Gasteiger partial charge on any atom is -0.377 e. The van der Waals surface area contributed by atoms with E-state index >= 15 is 0 Å². The summed E-state index contributed by atoms with van der Waals surface area (Å²) < 4.78 is 0. The van der Waals surface area contributed by atoms with Crippen LogP contribution in [0.4, 0.5) is 5.69 Å². The van der Waals surface area contributed by atoms with Gasteiger partial charge in [-0.1, -0.05) is 36.4 Å². The van der Waals surface area contributed by atoms with E-state index in [9.17, 15) is 0 Å². The molecule has 0 aromatic heterocycles. The van der Waals surface area contributed by atoms with Gasteiger partial charge in [-0.3, -0.25) is 0 Å². The fourth-order valence-electron chi connectivity index (χ4n) is 2.10. The standard InChI is InChI=1S/C15H18NP/c1-11-7-6-9-13(16(2)3)15(11)12-8-4-5-10-14(12)17/h4-10H,17H2,1-3H3. The van der Waals surface area contributed by atoms with Crippen LogP contribution in [0.3, 0.4) is 0 Å². The summed E-state index contributed by atoms with van der Waals surface area (Å²) >= 11 is 0. The van der Waals surface area contributed by atoms with E-state index in [0.29, 0.717) is 0 Å². The molecule has 0 aliphatic carbocycles. The Hall–Kier alpha value is -1.33. The zero-order valence-electron chi connectivity index (χ0n) is 10.6. The molecule has 1 atom stereocenters. The normalized spacial score (nSPS) is 10.4. The van der Waals surface area contributed by atoms with Gasteiger partial charge in [0.05, 0.1) is 0 Å². The molecule has 0 saturated carbocycles. The van der Waals surface area contributed by atoms with Crippen molar-refractivity contribution in [1.82, 2.24) is 0 Å². The van der Waals surface area contributed by atoms with Gasteiger partial charge in [-0.15, -0.1) is 9.24 Å². The molecular weight excluding hydrogens is 225 g/mol. The number of hydrogen-bond donors (Lipinski definition) is 0. The Morgan fingerprint density at radius 2 is 1.65 bits per heavy atom. The van der Waals surface area contributed by atoms with Gasteiger partial charge in [-0.25, -0.2) is 0 Å². The lowest BCUT2D eigenvalue weighted by molar-refractivity contribution is 1.13. The van der Waals surface area contributed by atoms with Crippen molar-refractivity contribution in [2.75, 3.05) is 19.0 Å². The van der Waals surface area contributed by atoms with Crippen molar-refractivity contribution in [1.29, 1.82) is 0 Å². The highest BCUT2D eigenvalue weighted by Crippen LogP contribution is 2.32. The summed E-state index contributed by atoms with van der Waals surface area (Å²) in [5.41, 5.74) is 5.19. The van der Waals surface area contributed by atoms with Gasteiger partial charge in [0, 0.05) is 25.3 Å². The average molecular weight is 243 g/mol. The quantitative estimate of drug-likeness (QED) is 0.732. The van der Waals surface area contributed by atoms with Crippen molar-refractivity contribution < 1.29 is 0 Å². The number of nitrogens with zero attached hydrogens (tertiary/aromatic N) is 1. The predicted molar refractivity (Wildman–Crippen MR) is 80.3 cm³/mol. The Bertz CT molecular complexity index is 532. The minimum absolute atomic E-state index is 1.24. The molecule has 0 N–H and O–H groups in total. The molecule has 0 radical (unpaired) electrons. The van der Waals surface area contributed by atoms with Crippen molar-refractivity contribution in [3.63, 3.8) is 0 Å². The Kier molecular flexibility index (Phi) is 3.49. The molecule has 0 aliphatic rings. The molecule has 2 aromatic rings. The second kappa shape index (κ2) is 4.89. The molecule has 2 heteroatoms. The van der Waals surface area contributed by atoms with Gasteiger partial charge in [0.2, 0.25) is 0 Å². The number of aryl methyl sites for hydroxylation is 1. The Balaban J connectivity index is 2.70. The molecule has 0 aliphatic heterocycles. The van der Waals surface area contributed by atoms with E-state index in [2.05, 4.69) is 77.6 Å². The fourth-order valence-corrected chi connectivity index (χ4v) is 2.45. The van der Waals surface area contributed by atoms with Crippen LogP contribution < -0.4 is 10.2 Å². The van der Waals surface area contributed by atoms with Gasteiger partial charge >= 0.3 is 0 Å². The molecule has 0 bridgehead atoms. The van der Waals surface area contributed by atoms with E-state index in [1.54, 1.807) is 0 Å². The number of hydrogen-bond acceptors (Lipinski definition) is 1. The highest BCUT2D eigenvalue weighted by Gasteiger charge is 2.11. The minimum atomic E-state index is 1.24. The number of anilines is 1. The molecule has 17 heavy (non-hydrogen) atoms. The van der Waals surface area contributed by atoms with E-state index in [1.165, 1.54) is 27.7 Å². The van der Waals surface area contributed by atoms with Crippen LogP contribution in [0.15, 0.2) is 42.5 Å². The van der Waals surface area contributed by atoms with Gasteiger partial charge in [0.1, 0.15) is 0 Å². The molecule has 0 heterocycles. The summed E-state index contributed by atoms with van der Waals surface area (Å²) in [7, 11) is 6.99. The predicted octanol–water partition coefficient (Wildman–Crippen LogP) is 3.23. The van der Waals surface area contributed by atoms with Gasteiger partial charge in [0.25, 0.3) is 0 Å². The number of benzene rings is 2. The first-order valence-corrected chi connectivity index (χ1v) is 6.31. The molecule has 2 rings (SSSR count). The van der Waals surface area contributed by atoms with E-state index in [-0.39, 0.29) is 0 Å². The van der Waals surface area contributed by atoms with E-state index in [1.807, 2.05) is 0 Å². The lowest BCUT2D eigenvalue weighted by atomic mass is 9.98. The second-order valence-electron chi connectivity index (χ2n) is 4.45. The summed E-state index contributed by atoms with van der Waals surface area (Å²) in [6.45, 7) is 2.17. The highest BCUT2D eigenvalue weighted by atomic mass is 31.0. The smallest absolute Gasteiger partial charge is 0.0443 e. The summed E-state index contributed by atoms with van der Waals surface area (Å²) in [6, 6.07) is 14.9. The molecular formula is C15H18NP. The molecule has 2 aromatic carbocycles. The zero-order valence-corrected chi connectivity index (χ0v) is 11.7. The van der Waals surface area contributed by atoms with Crippen molar-refractivity contribution >= 4 is 20.2 Å². The molecule has 1 unspecified atom stereocenters. The zero-order chi connectivity index (χ0) is 12.4. The van der Waals surface area contributed by atoms with Crippen LogP contribution in [-0.2, 0) is 0 Å². The molecule has 0 amide bonds. The molecule has 88 valence electrons. The Morgan fingerprint density at radius 3 is 2.29 bits per heavy atom. The van der Waals surface area contributed by atoms with E-state index in [0.717, 1.165) is 0 Å². The summed E-state index contributed by atoms with van der Waals surface area (Å²) in [6.07, 6.45) is 0. The van der Waals surface area contributed by atoms with Crippen LogP contribution in [-0.4, -0.2) is 14.1 Å². The van der Waals surface area contributed by atoms with Crippen LogP contribution in [0, 0.1) is 6.92 Å². The number of rotatable bonds is 2. The van der Waals surface area contributed by atoms with Crippen LogP contribution in [0.25, 0.3) is 11.1 Å². The first kappa shape index (κ1) is 12.1. The van der Waals surface area contributed by atoms with Crippen molar-refractivity contribution in [2.24, 2.45) is 0 Å². The average Bonchev–Trinajstić information content (AvgIpc) is 2.30. The Labute approximate surface area is 106 Å². The topological polar surface area (TPSA) is 3.24 Å². The SMILES string of the molecule is Cc1cccc(N(C)C)c1-c1ccccc1P. The van der Waals surface area contributed by atoms with Crippen LogP contribution >= 0.6 is 9.24 Å². The third kappa shape index (κ3) is 2.35. The highest BCUT2D eigenvalue weighted by molar-refractivity contribution is 7.28. The monoisotopic (exact) mass is 243 g/mol. The van der Waals surface area contributed by atoms with Crippen LogP contribution in [0.2, 0.25) is 0 Å². The van der Waals surface area contributed by atoms with Crippen LogP contribution in [0.5, 0.6) is 0 Å². The summed E-state index contributed by atoms with van der Waals surface area (Å²) in [5, 5.41) is 1.24. The maximum absolute atomic E-state index is 2.82. The van der Waals surface area contributed by atoms with Crippen molar-refractivity contribution in [3.8, 4) is 11.1 Å². The lowest BCUT2D eigenvalue weighted by Gasteiger charge is -2.20. The van der Waals surface area contributed by atoms with Gasteiger partial charge < -0.3 is 4.90 Å². The molecule has 0 spiro atoms. The third-order valence-electron chi connectivity index (χ3n) is 2.96. The second-order valence-corrected chi connectivity index (χ2v) is 5.07. The van der Waals surface area contributed by atoms with Crippen molar-refractivity contribution in [2.45, 2.75) is 6.92 Å². The summed E-state index contributed by atoms with van der Waals surface area (Å²) in [5.74, 6) is 0.